The molecule has 20 heteroatoms. The summed E-state index contributed by atoms with van der Waals surface area (Å²) >= 11 is 0. The molecule has 0 unspecified atom stereocenters. The number of fused-ring (bicyclic) bond motifs is 2. The molecule has 266 valence electrons. The summed E-state index contributed by atoms with van der Waals surface area (Å²) in [5.41, 5.74) is 4.33. The van der Waals surface area contributed by atoms with Crippen LogP contribution in [0.1, 0.15) is 55.5 Å². The minimum absolute atomic E-state index is 0.202. The molecule has 1 saturated heterocycles. The van der Waals surface area contributed by atoms with E-state index in [1.807, 2.05) is 18.5 Å². The van der Waals surface area contributed by atoms with Gasteiger partial charge in [-0.25, -0.2) is 19.4 Å². The van der Waals surface area contributed by atoms with Crippen molar-refractivity contribution >= 4 is 17.9 Å². The Bertz CT molecular complexity index is 1280. The number of pyridine rings is 1. The smallest absolute Gasteiger partial charge is 0.475 e. The Morgan fingerprint density at radius 2 is 1.34 bits per heavy atom. The summed E-state index contributed by atoms with van der Waals surface area (Å²) in [6, 6.07) is 4.68. The molecule has 1 fully saturated rings. The molecule has 0 aliphatic carbocycles. The van der Waals surface area contributed by atoms with E-state index in [4.69, 9.17) is 34.7 Å². The lowest BCUT2D eigenvalue weighted by Crippen LogP contribution is -2.51. The summed E-state index contributed by atoms with van der Waals surface area (Å²) < 4.78 is 97.7. The Balaban J connectivity index is 0.000000430. The van der Waals surface area contributed by atoms with E-state index in [9.17, 15) is 39.5 Å². The van der Waals surface area contributed by atoms with Crippen molar-refractivity contribution in [2.45, 2.75) is 76.7 Å². The van der Waals surface area contributed by atoms with Crippen LogP contribution in [0.5, 0.6) is 0 Å². The number of imidazole rings is 1. The Hall–Kier alpha value is -3.94. The van der Waals surface area contributed by atoms with Crippen LogP contribution in [-0.4, -0.2) is 103 Å². The number of carboxylic acid groups (broad SMARTS) is 3. The van der Waals surface area contributed by atoms with Crippen molar-refractivity contribution in [1.82, 2.24) is 24.3 Å². The van der Waals surface area contributed by atoms with Crippen LogP contribution >= 0.6 is 0 Å². The van der Waals surface area contributed by atoms with E-state index in [1.54, 1.807) is 0 Å². The molecule has 2 aromatic rings. The van der Waals surface area contributed by atoms with Crippen LogP contribution in [-0.2, 0) is 32.9 Å². The molecule has 0 amide bonds. The van der Waals surface area contributed by atoms with Gasteiger partial charge in [0.1, 0.15) is 5.82 Å². The summed E-state index contributed by atoms with van der Waals surface area (Å²) in [6.07, 6.45) is -8.99. The lowest BCUT2D eigenvalue weighted by molar-refractivity contribution is -0.193. The minimum Gasteiger partial charge on any atom is -0.475 e. The highest BCUT2D eigenvalue weighted by Crippen LogP contribution is 2.42. The second-order valence-corrected chi connectivity index (χ2v) is 10.9. The topological polar surface area (TPSA) is 149 Å². The van der Waals surface area contributed by atoms with E-state index in [0.29, 0.717) is 6.04 Å². The number of aromatic nitrogens is 3. The molecule has 11 nitrogen and oxygen atoms in total. The number of rotatable bonds is 3. The van der Waals surface area contributed by atoms with E-state index in [1.165, 1.54) is 35.6 Å². The van der Waals surface area contributed by atoms with Crippen LogP contribution in [0.2, 0.25) is 0 Å². The lowest BCUT2D eigenvalue weighted by atomic mass is 9.72. The van der Waals surface area contributed by atoms with Gasteiger partial charge in [0.05, 0.1) is 11.4 Å². The van der Waals surface area contributed by atoms with E-state index in [-0.39, 0.29) is 5.41 Å². The Morgan fingerprint density at radius 3 is 1.70 bits per heavy atom. The predicted molar refractivity (Wildman–Crippen MR) is 145 cm³/mol. The maximum absolute atomic E-state index is 10.6. The number of halogens is 9. The van der Waals surface area contributed by atoms with Crippen LogP contribution in [0.3, 0.4) is 0 Å². The Morgan fingerprint density at radius 1 is 0.894 bits per heavy atom. The molecule has 3 N–H and O–H groups in total. The summed E-state index contributed by atoms with van der Waals surface area (Å²) in [5.74, 6) is -7.10. The average molecular weight is 696 g/mol. The van der Waals surface area contributed by atoms with Gasteiger partial charge in [-0.2, -0.15) is 39.5 Å². The zero-order chi connectivity index (χ0) is 36.5. The first-order valence-corrected chi connectivity index (χ1v) is 13.6. The fourth-order valence-corrected chi connectivity index (χ4v) is 4.92. The lowest BCUT2D eigenvalue weighted by Gasteiger charge is -2.46. The highest BCUT2D eigenvalue weighted by atomic mass is 19.4. The number of carbonyl (C=O) groups is 3. The molecular formula is C27H34F9N5O6. The van der Waals surface area contributed by atoms with Gasteiger partial charge in [-0.3, -0.25) is 9.88 Å². The second kappa shape index (κ2) is 16.2. The quantitative estimate of drug-likeness (QED) is 0.373. The van der Waals surface area contributed by atoms with Crippen molar-refractivity contribution in [3.63, 3.8) is 0 Å². The van der Waals surface area contributed by atoms with Crippen molar-refractivity contribution in [3.05, 3.63) is 47.3 Å². The summed E-state index contributed by atoms with van der Waals surface area (Å²) in [6.45, 7) is 12.1. The molecule has 0 bridgehead atoms. The third-order valence-electron chi connectivity index (χ3n) is 6.91. The first kappa shape index (κ1) is 41.1. The Labute approximate surface area is 262 Å². The number of aliphatic carboxylic acids is 3. The molecule has 47 heavy (non-hydrogen) atoms. The summed E-state index contributed by atoms with van der Waals surface area (Å²) in [4.78, 5) is 41.2. The molecule has 2 aliphatic rings. The number of piperidine rings is 1. The first-order valence-electron chi connectivity index (χ1n) is 13.6. The second-order valence-electron chi connectivity index (χ2n) is 10.9. The number of nitrogens with zero attached hydrogens (tertiary/aromatic N) is 5. The zero-order valence-corrected chi connectivity index (χ0v) is 25.5. The van der Waals surface area contributed by atoms with E-state index in [0.717, 1.165) is 32.7 Å². The van der Waals surface area contributed by atoms with Gasteiger partial charge in [0.25, 0.3) is 0 Å². The molecule has 0 radical (unpaired) electrons. The van der Waals surface area contributed by atoms with Crippen LogP contribution in [0.15, 0.2) is 24.5 Å². The standard InChI is InChI=1S/C21H31N5.3C2HF3O2/c1-16(2)26-17(3)23-20-19(26)14-25(13-18-6-5-9-22-12-18)15-21(20)7-10-24(4)11-8-21;3*3-2(4,5)1(6)7/h5-6,9,12,16H,7-8,10-11,13-15H2,1-4H3;3*(H,6,7). The SMILES string of the molecule is Cc1nc2c(n1C(C)C)CN(Cc1cccnc1)CC21CCN(C)CC1.O=C(O)C(F)(F)F.O=C(O)C(F)(F)F.O=C(O)C(F)(F)F. The normalized spacial score (nSPS) is 16.5. The van der Waals surface area contributed by atoms with Crippen LogP contribution in [0, 0.1) is 6.92 Å². The molecule has 1 spiro atoms. The number of aryl methyl sites for hydroxylation is 1. The molecule has 2 aromatic heterocycles. The number of alkyl halides is 9. The van der Waals surface area contributed by atoms with Crippen LogP contribution in [0.25, 0.3) is 0 Å². The number of hydrogen-bond acceptors (Lipinski definition) is 7. The van der Waals surface area contributed by atoms with Crippen molar-refractivity contribution in [3.8, 4) is 0 Å². The molecular weight excluding hydrogens is 661 g/mol. The third kappa shape index (κ3) is 12.6. The maximum atomic E-state index is 10.6. The molecule has 4 heterocycles. The maximum Gasteiger partial charge on any atom is 0.490 e. The predicted octanol–water partition coefficient (Wildman–Crippen LogP) is 5.05. The van der Waals surface area contributed by atoms with Crippen molar-refractivity contribution in [2.24, 2.45) is 0 Å². The van der Waals surface area contributed by atoms with Gasteiger partial charge in [-0.15, -0.1) is 0 Å². The van der Waals surface area contributed by atoms with Gasteiger partial charge < -0.3 is 24.8 Å². The van der Waals surface area contributed by atoms with Gasteiger partial charge in [0.2, 0.25) is 0 Å². The molecule has 0 aromatic carbocycles. The average Bonchev–Trinajstić information content (AvgIpc) is 3.27. The largest absolute Gasteiger partial charge is 0.490 e. The van der Waals surface area contributed by atoms with Crippen LogP contribution in [0.4, 0.5) is 39.5 Å². The molecule has 0 saturated carbocycles. The third-order valence-corrected chi connectivity index (χ3v) is 6.91. The van der Waals surface area contributed by atoms with Gasteiger partial charge in [0, 0.05) is 43.5 Å². The van der Waals surface area contributed by atoms with Gasteiger partial charge in [-0.1, -0.05) is 6.07 Å². The monoisotopic (exact) mass is 695 g/mol. The summed E-state index contributed by atoms with van der Waals surface area (Å²) in [5, 5.41) is 21.4. The Kier molecular flexibility index (Phi) is 14.2. The van der Waals surface area contributed by atoms with Crippen molar-refractivity contribution in [2.75, 3.05) is 26.7 Å². The number of hydrogen-bond donors (Lipinski definition) is 3. The van der Waals surface area contributed by atoms with E-state index >= 15 is 0 Å². The van der Waals surface area contributed by atoms with Gasteiger partial charge >= 0.3 is 36.4 Å². The number of likely N-dealkylation sites (tertiary alicyclic amines) is 1. The highest BCUT2D eigenvalue weighted by molar-refractivity contribution is 5.73. The van der Waals surface area contributed by atoms with Gasteiger partial charge in [-0.05, 0) is 65.4 Å². The fraction of sp³-hybridized carbons (Fsp3) is 0.593. The molecule has 4 rings (SSSR count). The summed E-state index contributed by atoms with van der Waals surface area (Å²) in [7, 11) is 2.24. The van der Waals surface area contributed by atoms with Gasteiger partial charge in [0.15, 0.2) is 0 Å². The van der Waals surface area contributed by atoms with Crippen molar-refractivity contribution < 1.29 is 69.2 Å². The minimum atomic E-state index is -5.08. The van der Waals surface area contributed by atoms with E-state index < -0.39 is 36.4 Å². The highest BCUT2D eigenvalue weighted by Gasteiger charge is 2.45. The van der Waals surface area contributed by atoms with E-state index in [2.05, 4.69) is 53.2 Å². The first-order chi connectivity index (χ1) is 21.3. The van der Waals surface area contributed by atoms with Crippen LogP contribution < -0.4 is 0 Å². The van der Waals surface area contributed by atoms with Crippen molar-refractivity contribution in [1.29, 1.82) is 0 Å². The molecule has 0 atom stereocenters. The molecule has 2 aliphatic heterocycles. The fourth-order valence-electron chi connectivity index (χ4n) is 4.92. The number of carboxylic acids is 3. The zero-order valence-electron chi connectivity index (χ0n) is 25.5.